The zero-order valence-electron chi connectivity index (χ0n) is 15.3. The van der Waals surface area contributed by atoms with Crippen LogP contribution in [0.2, 0.25) is 0 Å². The van der Waals surface area contributed by atoms with Crippen LogP contribution >= 0.6 is 0 Å². The van der Waals surface area contributed by atoms with Gasteiger partial charge in [0.05, 0.1) is 6.54 Å². The van der Waals surface area contributed by atoms with E-state index < -0.39 is 0 Å². The largest absolute Gasteiger partial charge is 0.357 e. The van der Waals surface area contributed by atoms with Gasteiger partial charge in [0.2, 0.25) is 0 Å². The summed E-state index contributed by atoms with van der Waals surface area (Å²) in [7, 11) is 0. The number of hydrogen-bond donors (Lipinski definition) is 2. The van der Waals surface area contributed by atoms with Crippen LogP contribution in [0.1, 0.15) is 154 Å². The molecule has 204 valence electrons. The third kappa shape index (κ3) is 51.0. The predicted octanol–water partition coefficient (Wildman–Crippen LogP) is 10.5. The van der Waals surface area contributed by atoms with Crippen LogP contribution in [0.25, 0.3) is 0 Å². The van der Waals surface area contributed by atoms with Crippen LogP contribution in [0.3, 0.4) is 0 Å². The third-order valence-electron chi connectivity index (χ3n) is 4.85. The van der Waals surface area contributed by atoms with Crippen LogP contribution in [0, 0.1) is 23.7 Å². The Morgan fingerprint density at radius 2 is 1.10 bits per heavy atom. The van der Waals surface area contributed by atoms with Crippen molar-refractivity contribution in [3.63, 3.8) is 0 Å². The molecule has 0 aromatic carbocycles. The average molecular weight is 448 g/mol. The van der Waals surface area contributed by atoms with Crippen molar-refractivity contribution in [2.75, 3.05) is 13.1 Å². The quantitative estimate of drug-likeness (QED) is 0.432. The monoisotopic (exact) mass is 448 g/mol. The van der Waals surface area contributed by atoms with Crippen molar-refractivity contribution in [1.82, 2.24) is 0 Å². The van der Waals surface area contributed by atoms with Crippen molar-refractivity contribution >= 4 is 0 Å². The summed E-state index contributed by atoms with van der Waals surface area (Å²) in [6.45, 7) is 15.3. The number of rotatable bonds is 5. The molecular formula is C28H83N2+. The molecule has 1 aliphatic rings. The maximum Gasteiger partial charge on any atom is 0.0765 e. The Kier molecular flexibility index (Phi) is 148. The fraction of sp³-hybridized carbons (Fsp3) is 1.00. The van der Waals surface area contributed by atoms with Crippen LogP contribution in [0.5, 0.6) is 0 Å². The van der Waals surface area contributed by atoms with Crippen molar-refractivity contribution in [3.8, 4) is 0 Å². The van der Waals surface area contributed by atoms with Crippen molar-refractivity contribution < 1.29 is 5.73 Å². The maximum atomic E-state index is 5.28. The lowest BCUT2D eigenvalue weighted by Gasteiger charge is -2.10. The first-order valence-corrected chi connectivity index (χ1v) is 8.95. The van der Waals surface area contributed by atoms with Gasteiger partial charge in [-0.2, -0.15) is 0 Å². The lowest BCUT2D eigenvalue weighted by atomic mass is 9.96. The molecule has 30 heavy (non-hydrogen) atoms. The zero-order chi connectivity index (χ0) is 16.0. The van der Waals surface area contributed by atoms with E-state index in [9.17, 15) is 0 Å². The van der Waals surface area contributed by atoms with Gasteiger partial charge in [-0.15, -0.1) is 0 Å². The van der Waals surface area contributed by atoms with Gasteiger partial charge in [-0.05, 0) is 30.7 Å². The second kappa shape index (κ2) is 56.8. The SMILES string of the molecule is C.C.C.C.C.C.C.C.C.C.CCC(C)CN.CCC(C)C[NH3+].CCC1CCCC1C. The van der Waals surface area contributed by atoms with Gasteiger partial charge in [0.25, 0.3) is 0 Å². The number of quaternary nitrogens is 1. The first-order valence-electron chi connectivity index (χ1n) is 8.95. The molecule has 4 unspecified atom stereocenters. The molecule has 2 heteroatoms. The Morgan fingerprint density at radius 3 is 1.17 bits per heavy atom. The molecular weight excluding hydrogens is 364 g/mol. The van der Waals surface area contributed by atoms with E-state index in [0.717, 1.165) is 30.8 Å². The van der Waals surface area contributed by atoms with Gasteiger partial charge in [-0.3, -0.25) is 0 Å². The summed E-state index contributed by atoms with van der Waals surface area (Å²) in [5, 5.41) is 0. The van der Waals surface area contributed by atoms with E-state index in [1.54, 1.807) is 0 Å². The highest BCUT2D eigenvalue weighted by molar-refractivity contribution is 4.72. The molecule has 1 aliphatic carbocycles. The molecule has 0 heterocycles. The fourth-order valence-electron chi connectivity index (χ4n) is 2.20. The summed E-state index contributed by atoms with van der Waals surface area (Å²) in [5.41, 5.74) is 9.04. The minimum atomic E-state index is 0. The molecule has 0 aromatic heterocycles. The molecule has 2 nitrogen and oxygen atoms in total. The van der Waals surface area contributed by atoms with E-state index in [1.807, 2.05) is 0 Å². The van der Waals surface area contributed by atoms with Crippen molar-refractivity contribution in [2.45, 2.75) is 154 Å². The van der Waals surface area contributed by atoms with Gasteiger partial charge < -0.3 is 11.5 Å². The van der Waals surface area contributed by atoms with E-state index in [1.165, 1.54) is 38.5 Å². The van der Waals surface area contributed by atoms with E-state index in [2.05, 4.69) is 47.3 Å². The Morgan fingerprint density at radius 1 is 0.733 bits per heavy atom. The Bertz CT molecular complexity index is 165. The molecule has 5 N–H and O–H groups in total. The second-order valence-electron chi connectivity index (χ2n) is 6.63. The molecule has 1 rings (SSSR count). The van der Waals surface area contributed by atoms with Crippen molar-refractivity contribution in [3.05, 3.63) is 0 Å². The zero-order valence-corrected chi connectivity index (χ0v) is 15.3. The lowest BCUT2D eigenvalue weighted by molar-refractivity contribution is -0.378. The summed E-state index contributed by atoms with van der Waals surface area (Å²) < 4.78 is 0. The minimum absolute atomic E-state index is 0. The third-order valence-corrected chi connectivity index (χ3v) is 4.85. The molecule has 0 aliphatic heterocycles. The van der Waals surface area contributed by atoms with Crippen LogP contribution in [0.15, 0.2) is 0 Å². The van der Waals surface area contributed by atoms with Gasteiger partial charge >= 0.3 is 0 Å². The van der Waals surface area contributed by atoms with Crippen LogP contribution in [0.4, 0.5) is 0 Å². The first-order chi connectivity index (χ1) is 9.46. The van der Waals surface area contributed by atoms with E-state index in [0.29, 0.717) is 5.92 Å². The smallest absolute Gasteiger partial charge is 0.0765 e. The highest BCUT2D eigenvalue weighted by Gasteiger charge is 2.20. The molecule has 1 fully saturated rings. The topological polar surface area (TPSA) is 53.7 Å². The molecule has 0 spiro atoms. The molecule has 1 saturated carbocycles. The van der Waals surface area contributed by atoms with Crippen molar-refractivity contribution in [1.29, 1.82) is 0 Å². The van der Waals surface area contributed by atoms with Gasteiger partial charge in [-0.1, -0.05) is 148 Å². The van der Waals surface area contributed by atoms with Gasteiger partial charge in [-0.25, -0.2) is 0 Å². The summed E-state index contributed by atoms with van der Waals surface area (Å²) in [5.74, 6) is 3.63. The molecule has 0 amide bonds. The van der Waals surface area contributed by atoms with Gasteiger partial charge in [0, 0.05) is 5.92 Å². The number of nitrogens with two attached hydrogens (primary N) is 1. The normalized spacial score (nSPS) is 16.0. The standard InChI is InChI=1S/C8H16.2C5H13N.10CH4/c1-3-8-6-4-5-7(8)2;2*1-3-5(2)4-6;;;;;;;;;;/h7-8H,3-6H2,1-2H3;2*5H,3-4,6H2,1-2H3;10*1H4/p+1. The fourth-order valence-corrected chi connectivity index (χ4v) is 2.20. The average Bonchev–Trinajstić information content (AvgIpc) is 2.91. The highest BCUT2D eigenvalue weighted by Crippen LogP contribution is 2.32. The minimum Gasteiger partial charge on any atom is -0.357 e. The molecule has 0 radical (unpaired) electrons. The predicted molar refractivity (Wildman–Crippen MR) is 160 cm³/mol. The Labute approximate surface area is 202 Å². The summed E-state index contributed by atoms with van der Waals surface area (Å²) in [6.07, 6.45) is 8.34. The Balaban J connectivity index is -0.0000000140. The van der Waals surface area contributed by atoms with E-state index >= 15 is 0 Å². The van der Waals surface area contributed by atoms with Gasteiger partial charge in [0.15, 0.2) is 0 Å². The first kappa shape index (κ1) is 77.9. The summed E-state index contributed by atoms with van der Waals surface area (Å²) >= 11 is 0. The molecule has 0 bridgehead atoms. The van der Waals surface area contributed by atoms with Crippen LogP contribution in [-0.2, 0) is 0 Å². The second-order valence-corrected chi connectivity index (χ2v) is 6.63. The highest BCUT2D eigenvalue weighted by atomic mass is 14.5. The van der Waals surface area contributed by atoms with Crippen LogP contribution < -0.4 is 11.5 Å². The van der Waals surface area contributed by atoms with E-state index in [4.69, 9.17) is 5.73 Å². The van der Waals surface area contributed by atoms with E-state index in [-0.39, 0.29) is 74.3 Å². The lowest BCUT2D eigenvalue weighted by Crippen LogP contribution is -2.52. The van der Waals surface area contributed by atoms with Crippen LogP contribution in [-0.4, -0.2) is 13.1 Å². The number of hydrogen-bond acceptors (Lipinski definition) is 1. The molecule has 0 saturated heterocycles. The summed E-state index contributed by atoms with van der Waals surface area (Å²) in [4.78, 5) is 0. The molecule has 0 aromatic rings. The maximum absolute atomic E-state index is 5.28. The molecule has 4 atom stereocenters. The summed E-state index contributed by atoms with van der Waals surface area (Å²) in [6, 6.07) is 0. The van der Waals surface area contributed by atoms with Crippen molar-refractivity contribution in [2.24, 2.45) is 29.4 Å². The Hall–Kier alpha value is -0.0800. The van der Waals surface area contributed by atoms with Gasteiger partial charge in [0.1, 0.15) is 0 Å².